The van der Waals surface area contributed by atoms with E-state index in [4.69, 9.17) is 13.9 Å². The summed E-state index contributed by atoms with van der Waals surface area (Å²) >= 11 is 0. The summed E-state index contributed by atoms with van der Waals surface area (Å²) in [6.45, 7) is 17.7. The third-order valence-electron chi connectivity index (χ3n) is 7.63. The number of guanidine groups is 1. The van der Waals surface area contributed by atoms with Crippen LogP contribution in [-0.4, -0.2) is 56.0 Å². The van der Waals surface area contributed by atoms with Crippen LogP contribution in [0.25, 0.3) is 0 Å². The van der Waals surface area contributed by atoms with Gasteiger partial charge >= 0.3 is 12.2 Å². The van der Waals surface area contributed by atoms with Crippen LogP contribution in [0.5, 0.6) is 0 Å². The zero-order valence-electron chi connectivity index (χ0n) is 27.2. The fraction of sp³-hybridized carbons (Fsp3) is 0.500. The van der Waals surface area contributed by atoms with E-state index in [0.29, 0.717) is 0 Å². The maximum atomic E-state index is 15.9. The van der Waals surface area contributed by atoms with E-state index in [-0.39, 0.29) is 54.3 Å². The zero-order valence-corrected chi connectivity index (χ0v) is 28.2. The van der Waals surface area contributed by atoms with Crippen LogP contribution in [-0.2, 0) is 30.8 Å². The van der Waals surface area contributed by atoms with Crippen molar-refractivity contribution in [3.63, 3.8) is 0 Å². The van der Waals surface area contributed by atoms with Gasteiger partial charge in [-0.15, -0.1) is 0 Å². The number of hydrogen-bond donors (Lipinski definition) is 2. The second-order valence-corrected chi connectivity index (χ2v) is 18.3. The molecular weight excluding hydrogens is 583 g/mol. The van der Waals surface area contributed by atoms with E-state index < -0.39 is 37.5 Å². The highest BCUT2D eigenvalue weighted by Crippen LogP contribution is 2.38. The van der Waals surface area contributed by atoms with Gasteiger partial charge in [0.1, 0.15) is 12.2 Å². The smallest absolute Gasteiger partial charge is 0.414 e. The molecule has 1 aliphatic rings. The fourth-order valence-electron chi connectivity index (χ4n) is 4.24. The molecule has 1 heterocycles. The molecule has 0 saturated heterocycles. The third kappa shape index (κ3) is 9.12. The topological polar surface area (TPSA) is 119 Å². The van der Waals surface area contributed by atoms with Gasteiger partial charge in [-0.3, -0.25) is 20.3 Å². The van der Waals surface area contributed by atoms with Crippen molar-refractivity contribution in [3.05, 3.63) is 65.5 Å². The van der Waals surface area contributed by atoms with Gasteiger partial charge in [0.2, 0.25) is 11.9 Å². The molecule has 12 heteroatoms. The first-order valence-electron chi connectivity index (χ1n) is 14.6. The minimum Gasteiger partial charge on any atom is -0.444 e. The number of nitrogens with one attached hydrogen (secondary N) is 2. The van der Waals surface area contributed by atoms with E-state index in [0.717, 1.165) is 5.56 Å². The van der Waals surface area contributed by atoms with Gasteiger partial charge in [0.15, 0.2) is 14.1 Å². The summed E-state index contributed by atoms with van der Waals surface area (Å²) in [5.74, 6) is -1.22. The van der Waals surface area contributed by atoms with Gasteiger partial charge in [-0.2, -0.15) is 0 Å². The van der Waals surface area contributed by atoms with Crippen molar-refractivity contribution in [2.75, 3.05) is 18.5 Å². The molecule has 0 saturated carbocycles. The standard InChI is InChI=1S/C32H45FN4O6Si/c1-30(2,3)43-29(40)35-27-36-32(7,20-25(38)37(27)18-19-42-44(8,9)31(4,5)6)23-16-13-17-24(26(23)33)34-28(39)41-21-22-14-11-10-12-15-22/h10-17H,18-21H2,1-9H3,(H,34,39)(H,35,36,40)/t32-/m0/s1. The Balaban J connectivity index is 1.88. The highest BCUT2D eigenvalue weighted by Gasteiger charge is 2.42. The molecule has 0 radical (unpaired) electrons. The highest BCUT2D eigenvalue weighted by molar-refractivity contribution is 6.74. The van der Waals surface area contributed by atoms with E-state index in [2.05, 4.69) is 49.5 Å². The molecule has 44 heavy (non-hydrogen) atoms. The molecule has 10 nitrogen and oxygen atoms in total. The van der Waals surface area contributed by atoms with Crippen LogP contribution in [0.2, 0.25) is 18.1 Å². The number of carbonyl (C=O) groups is 3. The largest absolute Gasteiger partial charge is 0.444 e. The molecule has 2 aromatic rings. The Morgan fingerprint density at radius 3 is 2.27 bits per heavy atom. The molecule has 1 atom stereocenters. The lowest BCUT2D eigenvalue weighted by Crippen LogP contribution is -2.55. The van der Waals surface area contributed by atoms with E-state index in [1.165, 1.54) is 17.0 Å². The van der Waals surface area contributed by atoms with Gasteiger partial charge in [-0.25, -0.2) is 19.0 Å². The summed E-state index contributed by atoms with van der Waals surface area (Å²) in [5.41, 5.74) is -1.50. The number of nitrogens with zero attached hydrogens (tertiary/aromatic N) is 2. The highest BCUT2D eigenvalue weighted by atomic mass is 28.4. The summed E-state index contributed by atoms with van der Waals surface area (Å²) in [6, 6.07) is 13.5. The van der Waals surface area contributed by atoms with Crippen LogP contribution in [0.1, 0.15) is 66.0 Å². The molecular formula is C32H45FN4O6Si. The van der Waals surface area contributed by atoms with Gasteiger partial charge in [0, 0.05) is 5.56 Å². The number of carbonyl (C=O) groups excluding carboxylic acids is 3. The number of anilines is 1. The predicted molar refractivity (Wildman–Crippen MR) is 170 cm³/mol. The number of amides is 3. The average molecular weight is 629 g/mol. The van der Waals surface area contributed by atoms with Gasteiger partial charge in [0.25, 0.3) is 0 Å². The van der Waals surface area contributed by atoms with E-state index in [1.54, 1.807) is 45.9 Å². The Kier molecular flexibility index (Phi) is 10.6. The summed E-state index contributed by atoms with van der Waals surface area (Å²) in [6.07, 6.45) is -1.83. The Morgan fingerprint density at radius 1 is 1.00 bits per heavy atom. The van der Waals surface area contributed by atoms with Crippen molar-refractivity contribution in [2.24, 2.45) is 4.99 Å². The first-order chi connectivity index (χ1) is 20.3. The van der Waals surface area contributed by atoms with Crippen LogP contribution in [0.15, 0.2) is 53.5 Å². The van der Waals surface area contributed by atoms with Crippen molar-refractivity contribution in [1.29, 1.82) is 0 Å². The molecule has 2 N–H and O–H groups in total. The Morgan fingerprint density at radius 2 is 1.66 bits per heavy atom. The summed E-state index contributed by atoms with van der Waals surface area (Å²) in [4.78, 5) is 44.9. The molecule has 0 spiro atoms. The number of aliphatic imine (C=N–C) groups is 1. The predicted octanol–water partition coefficient (Wildman–Crippen LogP) is 6.92. The van der Waals surface area contributed by atoms with E-state index >= 15 is 4.39 Å². The van der Waals surface area contributed by atoms with E-state index in [9.17, 15) is 14.4 Å². The maximum absolute atomic E-state index is 15.9. The minimum absolute atomic E-state index is 0.0131. The Bertz CT molecular complexity index is 1390. The van der Waals surface area contributed by atoms with E-state index in [1.807, 2.05) is 18.2 Å². The lowest BCUT2D eigenvalue weighted by molar-refractivity contribution is -0.130. The van der Waals surface area contributed by atoms with Crippen LogP contribution in [0.4, 0.5) is 19.7 Å². The maximum Gasteiger partial charge on any atom is 0.414 e. The molecule has 0 aromatic heterocycles. The monoisotopic (exact) mass is 628 g/mol. The van der Waals surface area contributed by atoms with Crippen molar-refractivity contribution < 1.29 is 32.7 Å². The number of alkyl carbamates (subject to hydrolysis) is 1. The fourth-order valence-corrected chi connectivity index (χ4v) is 5.27. The van der Waals surface area contributed by atoms with Crippen LogP contribution >= 0.6 is 0 Å². The van der Waals surface area contributed by atoms with Crippen molar-refractivity contribution in [2.45, 2.75) is 90.8 Å². The first-order valence-corrected chi connectivity index (χ1v) is 17.5. The first kappa shape index (κ1) is 34.7. The molecule has 0 bridgehead atoms. The molecule has 240 valence electrons. The molecule has 3 rings (SSSR count). The Hall–Kier alpha value is -3.77. The summed E-state index contributed by atoms with van der Waals surface area (Å²) in [5, 5.41) is 5.00. The van der Waals surface area contributed by atoms with Gasteiger partial charge in [-0.1, -0.05) is 63.2 Å². The summed E-state index contributed by atoms with van der Waals surface area (Å²) < 4.78 is 32.8. The molecule has 0 aliphatic carbocycles. The van der Waals surface area contributed by atoms with Crippen LogP contribution in [0, 0.1) is 5.82 Å². The molecule has 0 fully saturated rings. The third-order valence-corrected chi connectivity index (χ3v) is 12.2. The average Bonchev–Trinajstić information content (AvgIpc) is 2.89. The normalized spacial score (nSPS) is 17.5. The van der Waals surface area contributed by atoms with Crippen molar-refractivity contribution in [3.8, 4) is 0 Å². The molecule has 1 aliphatic heterocycles. The quantitative estimate of drug-likeness (QED) is 0.306. The van der Waals surface area contributed by atoms with Gasteiger partial charge in [-0.05, 0) is 57.5 Å². The number of halogens is 1. The molecule has 0 unspecified atom stereocenters. The summed E-state index contributed by atoms with van der Waals surface area (Å²) in [7, 11) is -2.12. The molecule has 3 amide bonds. The SMILES string of the molecule is CC(C)(C)OC(=O)NC1=N[C@](C)(c2cccc(NC(=O)OCc3ccccc3)c2F)CC(=O)N1CCO[Si](C)(C)C(C)(C)C. The number of hydrogen-bond acceptors (Lipinski definition) is 7. The van der Waals surface area contributed by atoms with Crippen LogP contribution in [0.3, 0.4) is 0 Å². The zero-order chi connectivity index (χ0) is 32.9. The van der Waals surface area contributed by atoms with Crippen LogP contribution < -0.4 is 10.6 Å². The van der Waals surface area contributed by atoms with Crippen molar-refractivity contribution in [1.82, 2.24) is 10.2 Å². The lowest BCUT2D eigenvalue weighted by atomic mass is 9.86. The van der Waals surface area contributed by atoms with Crippen molar-refractivity contribution >= 4 is 38.1 Å². The number of ether oxygens (including phenoxy) is 2. The number of benzene rings is 2. The Labute approximate surface area is 260 Å². The number of rotatable bonds is 8. The van der Waals surface area contributed by atoms with Gasteiger partial charge in [0.05, 0.1) is 30.8 Å². The second kappa shape index (κ2) is 13.5. The molecule has 2 aromatic carbocycles. The second-order valence-electron chi connectivity index (χ2n) is 13.5. The van der Waals surface area contributed by atoms with Gasteiger partial charge < -0.3 is 13.9 Å². The lowest BCUT2D eigenvalue weighted by Gasteiger charge is -2.39. The minimum atomic E-state index is -2.12.